The molecule has 0 aliphatic carbocycles. The molecule has 0 atom stereocenters. The average Bonchev–Trinajstić information content (AvgIpc) is 2.66. The summed E-state index contributed by atoms with van der Waals surface area (Å²) in [6.07, 6.45) is 3.35. The number of carbonyl (C=O) groups excluding carboxylic acids is 1. The molecule has 0 aliphatic heterocycles. The van der Waals surface area contributed by atoms with Crippen LogP contribution in [0.2, 0.25) is 0 Å². The number of phenols is 2. The SMILES string of the molecule is CC.CN(C)C(=O)CCCCC(C)(C)c1ccc(-c2cccc(O)c2)c(O)c1. The lowest BCUT2D eigenvalue weighted by Crippen LogP contribution is -2.21. The van der Waals surface area contributed by atoms with Crippen molar-refractivity contribution in [2.45, 2.75) is 58.8 Å². The van der Waals surface area contributed by atoms with E-state index in [1.54, 1.807) is 37.2 Å². The summed E-state index contributed by atoms with van der Waals surface area (Å²) in [5, 5.41) is 20.1. The molecular formula is C24H35NO3. The topological polar surface area (TPSA) is 60.8 Å². The van der Waals surface area contributed by atoms with Crippen molar-refractivity contribution in [2.24, 2.45) is 0 Å². The van der Waals surface area contributed by atoms with Crippen LogP contribution in [0.25, 0.3) is 11.1 Å². The molecule has 28 heavy (non-hydrogen) atoms. The van der Waals surface area contributed by atoms with Crippen molar-refractivity contribution in [3.05, 3.63) is 48.0 Å². The Kier molecular flexibility index (Phi) is 9.04. The fourth-order valence-electron chi connectivity index (χ4n) is 3.08. The highest BCUT2D eigenvalue weighted by Gasteiger charge is 2.22. The Bertz CT molecular complexity index is 766. The third-order valence-corrected chi connectivity index (χ3v) is 4.88. The molecular weight excluding hydrogens is 350 g/mol. The first-order chi connectivity index (χ1) is 13.2. The molecule has 154 valence electrons. The predicted molar refractivity (Wildman–Crippen MR) is 117 cm³/mol. The number of phenolic OH excluding ortho intramolecular Hbond substituents is 2. The summed E-state index contributed by atoms with van der Waals surface area (Å²) in [5.74, 6) is 0.554. The second-order valence-corrected chi connectivity index (χ2v) is 7.66. The van der Waals surface area contributed by atoms with Gasteiger partial charge in [0, 0.05) is 26.1 Å². The lowest BCUT2D eigenvalue weighted by molar-refractivity contribution is -0.128. The number of nitrogens with zero attached hydrogens (tertiary/aromatic N) is 1. The molecule has 0 saturated carbocycles. The first-order valence-corrected chi connectivity index (χ1v) is 10.0. The number of hydrogen-bond donors (Lipinski definition) is 2. The normalized spacial score (nSPS) is 10.8. The van der Waals surface area contributed by atoms with Gasteiger partial charge in [0.25, 0.3) is 0 Å². The van der Waals surface area contributed by atoms with Crippen LogP contribution in [0.1, 0.15) is 58.9 Å². The van der Waals surface area contributed by atoms with Crippen molar-refractivity contribution in [3.8, 4) is 22.6 Å². The van der Waals surface area contributed by atoms with E-state index < -0.39 is 0 Å². The molecule has 2 aromatic rings. The van der Waals surface area contributed by atoms with Gasteiger partial charge in [-0.1, -0.05) is 58.4 Å². The molecule has 2 N–H and O–H groups in total. The highest BCUT2D eigenvalue weighted by atomic mass is 16.3. The molecule has 2 aromatic carbocycles. The molecule has 0 unspecified atom stereocenters. The Hall–Kier alpha value is -2.49. The standard InChI is InChI=1S/C22H29NO3.C2H6/c1-22(2,13-6-5-10-21(26)23(3)4)17-11-12-19(20(25)15-17)16-8-7-9-18(24)14-16;1-2/h7-9,11-12,14-15,24-25H,5-6,10,13H2,1-4H3;1-2H3. The zero-order valence-corrected chi connectivity index (χ0v) is 18.1. The molecule has 0 spiro atoms. The number of benzene rings is 2. The van der Waals surface area contributed by atoms with Crippen LogP contribution >= 0.6 is 0 Å². The fraction of sp³-hybridized carbons (Fsp3) is 0.458. The van der Waals surface area contributed by atoms with Crippen molar-refractivity contribution >= 4 is 5.91 Å². The third-order valence-electron chi connectivity index (χ3n) is 4.88. The minimum Gasteiger partial charge on any atom is -0.508 e. The zero-order chi connectivity index (χ0) is 21.3. The Morgan fingerprint density at radius 2 is 1.68 bits per heavy atom. The molecule has 0 heterocycles. The maximum atomic E-state index is 11.7. The van der Waals surface area contributed by atoms with E-state index in [4.69, 9.17) is 0 Å². The Morgan fingerprint density at radius 1 is 1.00 bits per heavy atom. The van der Waals surface area contributed by atoms with E-state index in [0.29, 0.717) is 12.0 Å². The molecule has 0 bridgehead atoms. The number of amides is 1. The van der Waals surface area contributed by atoms with E-state index in [-0.39, 0.29) is 22.8 Å². The summed E-state index contributed by atoms with van der Waals surface area (Å²) < 4.78 is 0. The van der Waals surface area contributed by atoms with Crippen LogP contribution in [0.15, 0.2) is 42.5 Å². The first kappa shape index (κ1) is 23.5. The van der Waals surface area contributed by atoms with Gasteiger partial charge in [0.1, 0.15) is 11.5 Å². The molecule has 1 amide bonds. The van der Waals surface area contributed by atoms with Crippen LogP contribution in [0, 0.1) is 0 Å². The average molecular weight is 386 g/mol. The van der Waals surface area contributed by atoms with Gasteiger partial charge in [0.2, 0.25) is 5.91 Å². The Labute approximate surface area is 169 Å². The van der Waals surface area contributed by atoms with Crippen molar-refractivity contribution in [1.29, 1.82) is 0 Å². The second kappa shape index (κ2) is 10.7. The number of aromatic hydroxyl groups is 2. The summed E-state index contributed by atoms with van der Waals surface area (Å²) in [4.78, 5) is 13.3. The first-order valence-electron chi connectivity index (χ1n) is 10.0. The summed E-state index contributed by atoms with van der Waals surface area (Å²) in [6.45, 7) is 8.31. The maximum Gasteiger partial charge on any atom is 0.222 e. The summed E-state index contributed by atoms with van der Waals surface area (Å²) >= 11 is 0. The Morgan fingerprint density at radius 3 is 2.25 bits per heavy atom. The van der Waals surface area contributed by atoms with Gasteiger partial charge < -0.3 is 15.1 Å². The van der Waals surface area contributed by atoms with Crippen LogP contribution in [-0.2, 0) is 10.2 Å². The highest BCUT2D eigenvalue weighted by molar-refractivity contribution is 5.75. The number of unbranched alkanes of at least 4 members (excludes halogenated alkanes) is 1. The second-order valence-electron chi connectivity index (χ2n) is 7.66. The van der Waals surface area contributed by atoms with E-state index in [9.17, 15) is 15.0 Å². The molecule has 0 saturated heterocycles. The third kappa shape index (κ3) is 6.59. The molecule has 0 aliphatic rings. The predicted octanol–water partition coefficient (Wildman–Crippen LogP) is 5.72. The van der Waals surface area contributed by atoms with Crippen LogP contribution in [0.5, 0.6) is 11.5 Å². The van der Waals surface area contributed by atoms with E-state index >= 15 is 0 Å². The van der Waals surface area contributed by atoms with E-state index in [1.165, 1.54) is 0 Å². The van der Waals surface area contributed by atoms with Gasteiger partial charge >= 0.3 is 0 Å². The largest absolute Gasteiger partial charge is 0.508 e. The van der Waals surface area contributed by atoms with Gasteiger partial charge in [-0.3, -0.25) is 4.79 Å². The van der Waals surface area contributed by atoms with Gasteiger partial charge in [0.15, 0.2) is 0 Å². The number of carbonyl (C=O) groups is 1. The minimum atomic E-state index is -0.0873. The van der Waals surface area contributed by atoms with Crippen molar-refractivity contribution < 1.29 is 15.0 Å². The minimum absolute atomic E-state index is 0.0873. The smallest absolute Gasteiger partial charge is 0.222 e. The van der Waals surface area contributed by atoms with E-state index in [0.717, 1.165) is 30.4 Å². The van der Waals surface area contributed by atoms with Gasteiger partial charge in [-0.15, -0.1) is 0 Å². The van der Waals surface area contributed by atoms with Crippen LogP contribution in [-0.4, -0.2) is 35.1 Å². The molecule has 4 nitrogen and oxygen atoms in total. The Balaban J connectivity index is 0.00000190. The van der Waals surface area contributed by atoms with E-state index in [1.807, 2.05) is 38.1 Å². The molecule has 4 heteroatoms. The lowest BCUT2D eigenvalue weighted by atomic mass is 9.79. The maximum absolute atomic E-state index is 11.7. The van der Waals surface area contributed by atoms with Gasteiger partial charge in [-0.2, -0.15) is 0 Å². The summed E-state index contributed by atoms with van der Waals surface area (Å²) in [7, 11) is 3.56. The number of rotatable bonds is 7. The van der Waals surface area contributed by atoms with Crippen LogP contribution < -0.4 is 0 Å². The van der Waals surface area contributed by atoms with Gasteiger partial charge in [0.05, 0.1) is 0 Å². The van der Waals surface area contributed by atoms with Crippen LogP contribution in [0.3, 0.4) is 0 Å². The monoisotopic (exact) mass is 385 g/mol. The lowest BCUT2D eigenvalue weighted by Gasteiger charge is -2.26. The fourth-order valence-corrected chi connectivity index (χ4v) is 3.08. The van der Waals surface area contributed by atoms with Crippen molar-refractivity contribution in [3.63, 3.8) is 0 Å². The van der Waals surface area contributed by atoms with E-state index in [2.05, 4.69) is 13.8 Å². The highest BCUT2D eigenvalue weighted by Crippen LogP contribution is 2.37. The molecule has 2 rings (SSSR count). The van der Waals surface area contributed by atoms with Crippen LogP contribution in [0.4, 0.5) is 0 Å². The molecule has 0 fully saturated rings. The zero-order valence-electron chi connectivity index (χ0n) is 18.1. The molecule has 0 aromatic heterocycles. The van der Waals surface area contributed by atoms with Crippen molar-refractivity contribution in [2.75, 3.05) is 14.1 Å². The van der Waals surface area contributed by atoms with Gasteiger partial charge in [-0.25, -0.2) is 0 Å². The summed E-state index contributed by atoms with van der Waals surface area (Å²) in [5.41, 5.74) is 2.47. The quantitative estimate of drug-likeness (QED) is 0.600. The summed E-state index contributed by atoms with van der Waals surface area (Å²) in [6, 6.07) is 12.6. The van der Waals surface area contributed by atoms with Gasteiger partial charge in [-0.05, 0) is 47.6 Å². The van der Waals surface area contributed by atoms with Crippen molar-refractivity contribution in [1.82, 2.24) is 4.90 Å². The molecule has 0 radical (unpaired) electrons. The number of hydrogen-bond acceptors (Lipinski definition) is 3.